The fraction of sp³-hybridized carbons (Fsp3) is 0.286. The van der Waals surface area contributed by atoms with Gasteiger partial charge in [0.25, 0.3) is 5.91 Å². The molecule has 0 aliphatic heterocycles. The Bertz CT molecular complexity index is 882. The van der Waals surface area contributed by atoms with Crippen LogP contribution in [0.5, 0.6) is 11.5 Å². The van der Waals surface area contributed by atoms with Crippen molar-refractivity contribution in [2.45, 2.75) is 20.8 Å². The number of hydrogen-bond acceptors (Lipinski definition) is 5. The smallest absolute Gasteiger partial charge is 0.257 e. The van der Waals surface area contributed by atoms with E-state index in [1.807, 2.05) is 20.8 Å². The number of hydrogen-bond donors (Lipinski definition) is 3. The van der Waals surface area contributed by atoms with E-state index in [1.165, 1.54) is 7.11 Å². The largest absolute Gasteiger partial charge is 0.494 e. The molecule has 0 aliphatic rings. The molecule has 7 nitrogen and oxygen atoms in total. The summed E-state index contributed by atoms with van der Waals surface area (Å²) in [7, 11) is 1.51. The number of benzene rings is 2. The summed E-state index contributed by atoms with van der Waals surface area (Å²) in [6.07, 6.45) is 0. The predicted octanol–water partition coefficient (Wildman–Crippen LogP) is 3.82. The third-order valence-electron chi connectivity index (χ3n) is 3.90. The average molecular weight is 416 g/mol. The topological polar surface area (TPSA) is 88.7 Å². The Morgan fingerprint density at radius 2 is 1.76 bits per heavy atom. The molecule has 2 rings (SSSR count). The molecule has 0 aromatic heterocycles. The van der Waals surface area contributed by atoms with Gasteiger partial charge in [-0.25, -0.2) is 0 Å². The van der Waals surface area contributed by atoms with E-state index >= 15 is 0 Å². The van der Waals surface area contributed by atoms with Crippen molar-refractivity contribution in [3.8, 4) is 11.5 Å². The summed E-state index contributed by atoms with van der Waals surface area (Å²) in [6, 6.07) is 11.9. The molecule has 0 radical (unpaired) electrons. The molecule has 0 saturated heterocycles. The van der Waals surface area contributed by atoms with Crippen molar-refractivity contribution < 1.29 is 19.1 Å². The van der Waals surface area contributed by atoms with Crippen LogP contribution in [0.3, 0.4) is 0 Å². The van der Waals surface area contributed by atoms with Crippen LogP contribution in [0.25, 0.3) is 0 Å². The van der Waals surface area contributed by atoms with Gasteiger partial charge in [0.1, 0.15) is 11.5 Å². The van der Waals surface area contributed by atoms with Gasteiger partial charge in [-0.1, -0.05) is 13.8 Å². The minimum absolute atomic E-state index is 0.109. The fourth-order valence-corrected chi connectivity index (χ4v) is 2.57. The summed E-state index contributed by atoms with van der Waals surface area (Å²) in [5.41, 5.74) is 1.63. The first-order valence-corrected chi connectivity index (χ1v) is 9.59. The Balaban J connectivity index is 2.00. The number of thiocarbonyl (C=S) groups is 1. The molecule has 0 bridgehead atoms. The second kappa shape index (κ2) is 10.4. The number of anilines is 2. The summed E-state index contributed by atoms with van der Waals surface area (Å²) in [6.45, 7) is 6.07. The first-order valence-electron chi connectivity index (χ1n) is 9.18. The molecule has 2 amide bonds. The van der Waals surface area contributed by atoms with Crippen LogP contribution in [-0.4, -0.2) is 30.6 Å². The molecule has 0 fully saturated rings. The van der Waals surface area contributed by atoms with Gasteiger partial charge in [-0.3, -0.25) is 14.9 Å². The molecular formula is C21H25N3O4S. The van der Waals surface area contributed by atoms with Gasteiger partial charge in [0.15, 0.2) is 5.11 Å². The molecule has 3 N–H and O–H groups in total. The van der Waals surface area contributed by atoms with Gasteiger partial charge in [-0.2, -0.15) is 0 Å². The second-order valence-corrected chi connectivity index (χ2v) is 6.83. The molecule has 0 aliphatic carbocycles. The third-order valence-corrected chi connectivity index (χ3v) is 4.10. The Hall–Kier alpha value is -3.13. The van der Waals surface area contributed by atoms with Gasteiger partial charge in [-0.05, 0) is 55.5 Å². The standard InChI is InChI=1S/C21H25N3O4S/c1-5-28-16-9-6-14(7-10-16)20(26)24-21(29)22-15-8-11-17(18(12-15)27-4)23-19(25)13(2)3/h6-13H,5H2,1-4H3,(H,23,25)(H2,22,24,26,29). The summed E-state index contributed by atoms with van der Waals surface area (Å²) in [5, 5.41) is 8.51. The van der Waals surface area contributed by atoms with Crippen molar-refractivity contribution in [2.24, 2.45) is 5.92 Å². The molecular weight excluding hydrogens is 390 g/mol. The van der Waals surface area contributed by atoms with E-state index in [2.05, 4.69) is 16.0 Å². The van der Waals surface area contributed by atoms with Crippen LogP contribution in [0, 0.1) is 5.92 Å². The number of amides is 2. The monoisotopic (exact) mass is 415 g/mol. The van der Waals surface area contributed by atoms with E-state index in [0.29, 0.717) is 35.0 Å². The predicted molar refractivity (Wildman–Crippen MR) is 118 cm³/mol. The van der Waals surface area contributed by atoms with Crippen molar-refractivity contribution >= 4 is 40.5 Å². The quantitative estimate of drug-likeness (QED) is 0.596. The molecule has 154 valence electrons. The van der Waals surface area contributed by atoms with Gasteiger partial charge >= 0.3 is 0 Å². The molecule has 0 atom stereocenters. The van der Waals surface area contributed by atoms with Crippen molar-refractivity contribution in [1.29, 1.82) is 0 Å². The zero-order valence-electron chi connectivity index (χ0n) is 16.9. The van der Waals surface area contributed by atoms with Crippen molar-refractivity contribution in [2.75, 3.05) is 24.4 Å². The van der Waals surface area contributed by atoms with Crippen LogP contribution >= 0.6 is 12.2 Å². The number of rotatable bonds is 7. The van der Waals surface area contributed by atoms with Gasteiger partial charge < -0.3 is 20.1 Å². The molecule has 2 aromatic carbocycles. The Labute approximate surface area is 175 Å². The van der Waals surface area contributed by atoms with Crippen molar-refractivity contribution in [1.82, 2.24) is 5.32 Å². The van der Waals surface area contributed by atoms with Crippen LogP contribution in [0.1, 0.15) is 31.1 Å². The maximum absolute atomic E-state index is 12.3. The first-order chi connectivity index (χ1) is 13.8. The number of nitrogens with one attached hydrogen (secondary N) is 3. The second-order valence-electron chi connectivity index (χ2n) is 6.42. The van der Waals surface area contributed by atoms with Crippen LogP contribution in [0.4, 0.5) is 11.4 Å². The van der Waals surface area contributed by atoms with Gasteiger partial charge in [-0.15, -0.1) is 0 Å². The number of ether oxygens (including phenoxy) is 2. The van der Waals surface area contributed by atoms with Gasteiger partial charge in [0.05, 0.1) is 19.4 Å². The Morgan fingerprint density at radius 1 is 1.07 bits per heavy atom. The highest BCUT2D eigenvalue weighted by molar-refractivity contribution is 7.80. The summed E-state index contributed by atoms with van der Waals surface area (Å²) >= 11 is 5.22. The van der Waals surface area contributed by atoms with E-state index in [1.54, 1.807) is 42.5 Å². The third kappa shape index (κ3) is 6.46. The normalized spacial score (nSPS) is 10.2. The summed E-state index contributed by atoms with van der Waals surface area (Å²) in [5.74, 6) is 0.578. The van der Waals surface area contributed by atoms with E-state index in [4.69, 9.17) is 21.7 Å². The van der Waals surface area contributed by atoms with Crippen LogP contribution in [0.15, 0.2) is 42.5 Å². The van der Waals surface area contributed by atoms with Crippen LogP contribution in [0.2, 0.25) is 0 Å². The Morgan fingerprint density at radius 3 is 2.34 bits per heavy atom. The SMILES string of the molecule is CCOc1ccc(C(=O)NC(=S)Nc2ccc(NC(=O)C(C)C)c(OC)c2)cc1. The lowest BCUT2D eigenvalue weighted by molar-refractivity contribution is -0.118. The minimum Gasteiger partial charge on any atom is -0.494 e. The lowest BCUT2D eigenvalue weighted by atomic mass is 10.2. The molecule has 29 heavy (non-hydrogen) atoms. The van der Waals surface area contributed by atoms with Gasteiger partial charge in [0.2, 0.25) is 5.91 Å². The Kier molecular flexibility index (Phi) is 7.97. The maximum atomic E-state index is 12.3. The number of carbonyl (C=O) groups is 2. The van der Waals surface area contributed by atoms with Crippen LogP contribution < -0.4 is 25.4 Å². The number of methoxy groups -OCH3 is 1. The highest BCUT2D eigenvalue weighted by Crippen LogP contribution is 2.28. The highest BCUT2D eigenvalue weighted by Gasteiger charge is 2.13. The average Bonchev–Trinajstić information content (AvgIpc) is 2.69. The van der Waals surface area contributed by atoms with E-state index in [9.17, 15) is 9.59 Å². The zero-order chi connectivity index (χ0) is 21.4. The molecule has 0 saturated carbocycles. The van der Waals surface area contributed by atoms with Crippen LogP contribution in [-0.2, 0) is 4.79 Å². The highest BCUT2D eigenvalue weighted by atomic mass is 32.1. The lowest BCUT2D eigenvalue weighted by Crippen LogP contribution is -2.34. The summed E-state index contributed by atoms with van der Waals surface area (Å²) < 4.78 is 10.7. The molecule has 2 aromatic rings. The zero-order valence-corrected chi connectivity index (χ0v) is 17.7. The lowest BCUT2D eigenvalue weighted by Gasteiger charge is -2.15. The molecule has 0 heterocycles. The van der Waals surface area contributed by atoms with Crippen molar-refractivity contribution in [3.63, 3.8) is 0 Å². The molecule has 8 heteroatoms. The van der Waals surface area contributed by atoms with Gasteiger partial charge in [0, 0.05) is 23.2 Å². The van der Waals surface area contributed by atoms with E-state index in [0.717, 1.165) is 0 Å². The number of carbonyl (C=O) groups excluding carboxylic acids is 2. The van der Waals surface area contributed by atoms with Crippen molar-refractivity contribution in [3.05, 3.63) is 48.0 Å². The summed E-state index contributed by atoms with van der Waals surface area (Å²) in [4.78, 5) is 24.2. The maximum Gasteiger partial charge on any atom is 0.257 e. The minimum atomic E-state index is -0.335. The van der Waals surface area contributed by atoms with E-state index in [-0.39, 0.29) is 22.8 Å². The van der Waals surface area contributed by atoms with E-state index < -0.39 is 0 Å². The molecule has 0 spiro atoms. The fourth-order valence-electron chi connectivity index (χ4n) is 2.36. The first kappa shape index (κ1) is 22.2. The molecule has 0 unspecified atom stereocenters.